The number of benzene rings is 2. The third-order valence-corrected chi connectivity index (χ3v) is 3.96. The zero-order valence-corrected chi connectivity index (χ0v) is 13.3. The van der Waals surface area contributed by atoms with Gasteiger partial charge in [0.2, 0.25) is 5.91 Å². The van der Waals surface area contributed by atoms with Crippen molar-refractivity contribution in [2.45, 2.75) is 6.42 Å². The third-order valence-electron chi connectivity index (χ3n) is 3.96. The highest BCUT2D eigenvalue weighted by Gasteiger charge is 2.16. The lowest BCUT2D eigenvalue weighted by molar-refractivity contribution is -0.118. The maximum absolute atomic E-state index is 12.4. The van der Waals surface area contributed by atoms with E-state index in [1.54, 1.807) is 24.4 Å². The number of pyridine rings is 1. The van der Waals surface area contributed by atoms with Gasteiger partial charge in [0.05, 0.1) is 17.6 Å². The molecule has 1 aliphatic rings. The minimum absolute atomic E-state index is 0.00673. The molecule has 0 saturated carbocycles. The normalized spacial score (nSPS) is 12.9. The van der Waals surface area contributed by atoms with Crippen LogP contribution in [-0.4, -0.2) is 23.4 Å². The smallest absolute Gasteiger partial charge is 0.262 e. The van der Waals surface area contributed by atoms with Crippen LogP contribution in [0.3, 0.4) is 0 Å². The number of anilines is 2. The average molecular weight is 333 g/mol. The first-order chi connectivity index (χ1) is 12.2. The van der Waals surface area contributed by atoms with Crippen molar-refractivity contribution in [2.75, 3.05) is 17.2 Å². The molecular weight excluding hydrogens is 318 g/mol. The number of rotatable bonds is 3. The molecule has 25 heavy (non-hydrogen) atoms. The molecule has 6 nitrogen and oxygen atoms in total. The van der Waals surface area contributed by atoms with Gasteiger partial charge >= 0.3 is 0 Å². The fraction of sp³-hybridized carbons (Fsp3) is 0.105. The number of hydrogen-bond acceptors (Lipinski definition) is 4. The van der Waals surface area contributed by atoms with Crippen molar-refractivity contribution in [1.29, 1.82) is 0 Å². The molecule has 2 N–H and O–H groups in total. The Hall–Kier alpha value is -3.41. The molecule has 2 aromatic carbocycles. The third kappa shape index (κ3) is 3.14. The first-order valence-electron chi connectivity index (χ1n) is 7.88. The van der Waals surface area contributed by atoms with Gasteiger partial charge in [-0.25, -0.2) is 0 Å². The van der Waals surface area contributed by atoms with Crippen LogP contribution in [0.5, 0.6) is 5.75 Å². The number of aromatic nitrogens is 1. The first-order valence-corrected chi connectivity index (χ1v) is 7.88. The summed E-state index contributed by atoms with van der Waals surface area (Å²) in [7, 11) is 0. The van der Waals surface area contributed by atoms with Crippen molar-refractivity contribution >= 4 is 34.1 Å². The zero-order valence-electron chi connectivity index (χ0n) is 13.3. The Morgan fingerprint density at radius 1 is 1.20 bits per heavy atom. The Balaban J connectivity index is 1.52. The number of para-hydroxylation sites is 1. The Bertz CT molecular complexity index is 979. The molecule has 0 spiro atoms. The van der Waals surface area contributed by atoms with E-state index in [9.17, 15) is 9.59 Å². The summed E-state index contributed by atoms with van der Waals surface area (Å²) in [4.78, 5) is 28.2. The molecule has 0 bridgehead atoms. The van der Waals surface area contributed by atoms with Crippen LogP contribution in [0.1, 0.15) is 5.56 Å². The van der Waals surface area contributed by atoms with Gasteiger partial charge in [0.1, 0.15) is 5.75 Å². The molecule has 2 amide bonds. The van der Waals surface area contributed by atoms with Crippen molar-refractivity contribution in [1.82, 2.24) is 4.98 Å². The van der Waals surface area contributed by atoms with Crippen LogP contribution in [0.4, 0.5) is 11.4 Å². The van der Waals surface area contributed by atoms with Gasteiger partial charge in [0.25, 0.3) is 5.91 Å². The van der Waals surface area contributed by atoms with Gasteiger partial charge < -0.3 is 15.4 Å². The number of amides is 2. The lowest BCUT2D eigenvalue weighted by atomic mass is 10.1. The van der Waals surface area contributed by atoms with E-state index in [1.165, 1.54) is 0 Å². The van der Waals surface area contributed by atoms with E-state index in [4.69, 9.17) is 4.74 Å². The van der Waals surface area contributed by atoms with Crippen molar-refractivity contribution < 1.29 is 14.3 Å². The minimum atomic E-state index is -0.210. The molecule has 0 saturated heterocycles. The molecular formula is C19H15N3O3. The van der Waals surface area contributed by atoms with E-state index >= 15 is 0 Å². The predicted octanol–water partition coefficient (Wildman–Crippen LogP) is 2.75. The van der Waals surface area contributed by atoms with Gasteiger partial charge in [-0.1, -0.05) is 24.3 Å². The van der Waals surface area contributed by atoms with Gasteiger partial charge in [-0.15, -0.1) is 0 Å². The topological polar surface area (TPSA) is 80.3 Å². The van der Waals surface area contributed by atoms with Crippen molar-refractivity contribution in [3.05, 3.63) is 60.3 Å². The summed E-state index contributed by atoms with van der Waals surface area (Å²) in [5.74, 6) is 0.231. The summed E-state index contributed by atoms with van der Waals surface area (Å²) in [6, 6.07) is 14.8. The summed E-state index contributed by atoms with van der Waals surface area (Å²) < 4.78 is 5.31. The molecule has 4 rings (SSSR count). The summed E-state index contributed by atoms with van der Waals surface area (Å²) in [5, 5.41) is 6.57. The number of nitrogens with zero attached hydrogens (tertiary/aromatic N) is 1. The monoisotopic (exact) mass is 333 g/mol. The minimum Gasteiger partial charge on any atom is -0.482 e. The predicted molar refractivity (Wildman–Crippen MR) is 94.6 cm³/mol. The summed E-state index contributed by atoms with van der Waals surface area (Å²) >= 11 is 0. The maximum atomic E-state index is 12.4. The second-order valence-electron chi connectivity index (χ2n) is 5.77. The lowest BCUT2D eigenvalue weighted by Crippen LogP contribution is -2.25. The highest BCUT2D eigenvalue weighted by molar-refractivity contribution is 5.98. The Kier molecular flexibility index (Phi) is 3.78. The quantitative estimate of drug-likeness (QED) is 0.772. The average Bonchev–Trinajstić information content (AvgIpc) is 2.61. The number of carbonyl (C=O) groups is 2. The molecule has 0 atom stereocenters. The summed E-state index contributed by atoms with van der Waals surface area (Å²) in [6.07, 6.45) is 1.93. The highest BCUT2D eigenvalue weighted by Crippen LogP contribution is 2.30. The molecule has 3 aromatic rings. The summed E-state index contributed by atoms with van der Waals surface area (Å²) in [6.45, 7) is 0.00673. The van der Waals surface area contributed by atoms with E-state index in [2.05, 4.69) is 15.6 Å². The van der Waals surface area contributed by atoms with Gasteiger partial charge in [-0.3, -0.25) is 14.6 Å². The van der Waals surface area contributed by atoms with Gasteiger partial charge in [0, 0.05) is 17.3 Å². The van der Waals surface area contributed by atoms with Crippen LogP contribution in [-0.2, 0) is 16.0 Å². The number of hydrogen-bond donors (Lipinski definition) is 2. The Labute approximate surface area is 143 Å². The van der Waals surface area contributed by atoms with E-state index in [0.29, 0.717) is 17.1 Å². The molecule has 1 aliphatic heterocycles. The van der Waals surface area contributed by atoms with Crippen molar-refractivity contribution in [3.8, 4) is 5.75 Å². The molecule has 6 heteroatoms. The van der Waals surface area contributed by atoms with Crippen LogP contribution < -0.4 is 15.4 Å². The molecule has 0 radical (unpaired) electrons. The van der Waals surface area contributed by atoms with Crippen molar-refractivity contribution in [2.24, 2.45) is 0 Å². The van der Waals surface area contributed by atoms with E-state index in [1.807, 2.05) is 30.3 Å². The van der Waals surface area contributed by atoms with Crippen molar-refractivity contribution in [3.63, 3.8) is 0 Å². The van der Waals surface area contributed by atoms with Crippen LogP contribution in [0.15, 0.2) is 54.7 Å². The summed E-state index contributed by atoms with van der Waals surface area (Å²) in [5.41, 5.74) is 2.85. The molecule has 1 aromatic heterocycles. The van der Waals surface area contributed by atoms with E-state index in [-0.39, 0.29) is 24.8 Å². The number of carbonyl (C=O) groups excluding carboxylic acids is 2. The fourth-order valence-electron chi connectivity index (χ4n) is 2.85. The second kappa shape index (κ2) is 6.24. The van der Waals surface area contributed by atoms with E-state index in [0.717, 1.165) is 16.5 Å². The number of fused-ring (bicyclic) bond motifs is 2. The van der Waals surface area contributed by atoms with Crippen LogP contribution in [0.2, 0.25) is 0 Å². The maximum Gasteiger partial charge on any atom is 0.262 e. The number of nitrogens with one attached hydrogen (secondary N) is 2. The molecule has 0 fully saturated rings. The SMILES string of the molecule is O=C(Cc1cccc2cccnc12)Nc1ccc2c(c1)NC(=O)CO2. The Morgan fingerprint density at radius 3 is 3.00 bits per heavy atom. The van der Waals surface area contributed by atoms with Crippen LogP contribution in [0.25, 0.3) is 10.9 Å². The fourth-order valence-corrected chi connectivity index (χ4v) is 2.85. The standard InChI is InChI=1S/C19H15N3O3/c23-17(9-13-4-1-3-12-5-2-8-20-19(12)13)21-14-6-7-16-15(10-14)22-18(24)11-25-16/h1-8,10H,9,11H2,(H,21,23)(H,22,24). The first kappa shape index (κ1) is 15.1. The zero-order chi connectivity index (χ0) is 17.2. The van der Waals surface area contributed by atoms with Gasteiger partial charge in [0.15, 0.2) is 6.61 Å². The van der Waals surface area contributed by atoms with Crippen LogP contribution in [0, 0.1) is 0 Å². The molecule has 0 unspecified atom stereocenters. The van der Waals surface area contributed by atoms with Crippen LogP contribution >= 0.6 is 0 Å². The second-order valence-corrected chi connectivity index (χ2v) is 5.77. The van der Waals surface area contributed by atoms with E-state index < -0.39 is 0 Å². The largest absolute Gasteiger partial charge is 0.482 e. The van der Waals surface area contributed by atoms with Gasteiger partial charge in [-0.2, -0.15) is 0 Å². The van der Waals surface area contributed by atoms with Gasteiger partial charge in [-0.05, 0) is 29.8 Å². The Morgan fingerprint density at radius 2 is 2.08 bits per heavy atom. The highest BCUT2D eigenvalue weighted by atomic mass is 16.5. The lowest BCUT2D eigenvalue weighted by Gasteiger charge is -2.18. The molecule has 2 heterocycles. The molecule has 0 aliphatic carbocycles. The molecule has 124 valence electrons. The number of ether oxygens (including phenoxy) is 1.